The number of ether oxygens (including phenoxy) is 1. The monoisotopic (exact) mass is 289 g/mol. The number of furan rings is 1. The molecule has 1 atom stereocenters. The fourth-order valence-corrected chi connectivity index (χ4v) is 2.65. The summed E-state index contributed by atoms with van der Waals surface area (Å²) in [7, 11) is 0. The van der Waals surface area contributed by atoms with E-state index in [2.05, 4.69) is 39.5 Å². The third-order valence-electron chi connectivity index (χ3n) is 3.53. The normalized spacial score (nSPS) is 13.2. The zero-order valence-electron chi connectivity index (χ0n) is 12.0. The van der Waals surface area contributed by atoms with Crippen LogP contribution in [0.3, 0.4) is 0 Å². The highest BCUT2D eigenvalue weighted by atomic mass is 32.1. The van der Waals surface area contributed by atoms with Gasteiger partial charge in [-0.2, -0.15) is 17.9 Å². The van der Waals surface area contributed by atoms with Crippen molar-refractivity contribution in [2.24, 2.45) is 11.3 Å². The maximum atomic E-state index is 9.16. The number of hydrogen-bond donors (Lipinski definition) is 1. The van der Waals surface area contributed by atoms with Crippen molar-refractivity contribution in [3.05, 3.63) is 30.0 Å². The molecule has 0 aliphatic carbocycles. The van der Waals surface area contributed by atoms with Gasteiger partial charge in [-0.3, -0.25) is 0 Å². The molecule has 0 N–H and O–H groups in total. The maximum absolute atomic E-state index is 9.16. The largest absolute Gasteiger partial charge is 0.488 e. The first kappa shape index (κ1) is 14.8. The second-order valence-corrected chi connectivity index (χ2v) is 6.29. The molecule has 0 saturated carbocycles. The van der Waals surface area contributed by atoms with Crippen molar-refractivity contribution in [1.29, 1.82) is 5.26 Å². The molecule has 2 rings (SSSR count). The van der Waals surface area contributed by atoms with Crippen LogP contribution in [0.15, 0.2) is 28.7 Å². The predicted molar refractivity (Wildman–Crippen MR) is 83.2 cm³/mol. The molecule has 0 aliphatic heterocycles. The van der Waals surface area contributed by atoms with E-state index in [1.165, 1.54) is 0 Å². The zero-order valence-corrected chi connectivity index (χ0v) is 12.9. The van der Waals surface area contributed by atoms with Gasteiger partial charge in [0.1, 0.15) is 11.7 Å². The Morgan fingerprint density at radius 3 is 2.65 bits per heavy atom. The lowest BCUT2D eigenvalue weighted by atomic mass is 9.82. The molecule has 1 aromatic heterocycles. The molecule has 1 heterocycles. The Morgan fingerprint density at radius 1 is 1.35 bits per heavy atom. The maximum Gasteiger partial charge on any atom is 0.246 e. The number of benzene rings is 1. The first-order valence-corrected chi connectivity index (χ1v) is 7.26. The summed E-state index contributed by atoms with van der Waals surface area (Å²) in [6.07, 6.45) is 0. The van der Waals surface area contributed by atoms with Crippen LogP contribution in [0, 0.1) is 22.7 Å². The van der Waals surface area contributed by atoms with Crippen molar-refractivity contribution in [3.63, 3.8) is 0 Å². The predicted octanol–water partition coefficient (Wildman–Crippen LogP) is 4.28. The smallest absolute Gasteiger partial charge is 0.246 e. The third-order valence-corrected chi connectivity index (χ3v) is 3.97. The summed E-state index contributed by atoms with van der Waals surface area (Å²) in [5, 5.41) is 10.0. The van der Waals surface area contributed by atoms with E-state index < -0.39 is 0 Å². The van der Waals surface area contributed by atoms with Gasteiger partial charge < -0.3 is 9.15 Å². The van der Waals surface area contributed by atoms with E-state index in [1.54, 1.807) is 0 Å². The molecule has 0 saturated heterocycles. The van der Waals surface area contributed by atoms with Crippen LogP contribution in [0.4, 0.5) is 0 Å². The second-order valence-electron chi connectivity index (χ2n) is 5.92. The van der Waals surface area contributed by atoms with E-state index >= 15 is 0 Å². The molecule has 3 nitrogen and oxygen atoms in total. The molecular formula is C16H19NO2S. The van der Waals surface area contributed by atoms with Gasteiger partial charge in [-0.1, -0.05) is 32.9 Å². The van der Waals surface area contributed by atoms with Crippen molar-refractivity contribution >= 4 is 23.6 Å². The number of thiol groups is 1. The summed E-state index contributed by atoms with van der Waals surface area (Å²) >= 11 is 4.39. The van der Waals surface area contributed by atoms with Crippen LogP contribution in [-0.4, -0.2) is 12.4 Å². The van der Waals surface area contributed by atoms with Gasteiger partial charge >= 0.3 is 0 Å². The Hall–Kier alpha value is -1.60. The minimum atomic E-state index is 0.105. The van der Waals surface area contributed by atoms with E-state index in [9.17, 15) is 0 Å². The topological polar surface area (TPSA) is 46.2 Å². The third kappa shape index (κ3) is 2.94. The highest BCUT2D eigenvalue weighted by Gasteiger charge is 2.25. The van der Waals surface area contributed by atoms with Crippen molar-refractivity contribution in [2.75, 3.05) is 12.4 Å². The number of rotatable bonds is 4. The summed E-state index contributed by atoms with van der Waals surface area (Å²) in [5.41, 5.74) is 0.783. The van der Waals surface area contributed by atoms with Crippen molar-refractivity contribution in [3.8, 4) is 11.8 Å². The molecule has 106 valence electrons. The fourth-order valence-electron chi connectivity index (χ4n) is 2.00. The summed E-state index contributed by atoms with van der Waals surface area (Å²) in [5.74, 6) is 1.81. The number of nitrogens with zero attached hydrogens (tertiary/aromatic N) is 1. The van der Waals surface area contributed by atoms with Crippen LogP contribution in [0.5, 0.6) is 5.75 Å². The van der Waals surface area contributed by atoms with E-state index in [0.29, 0.717) is 23.9 Å². The first-order chi connectivity index (χ1) is 9.47. The zero-order chi connectivity index (χ0) is 14.8. The molecule has 2 aromatic rings. The van der Waals surface area contributed by atoms with E-state index in [0.717, 1.165) is 11.1 Å². The molecule has 4 heteroatoms. The van der Waals surface area contributed by atoms with Gasteiger partial charge in [0.05, 0.1) is 12.0 Å². The molecule has 1 unspecified atom stereocenters. The molecular weight excluding hydrogens is 270 g/mol. The van der Waals surface area contributed by atoms with E-state index in [1.807, 2.05) is 24.3 Å². The SMILES string of the molecule is CC(C)(C)C(CS)COc1c(C#N)oc2ccccc12. The van der Waals surface area contributed by atoms with Crippen LogP contribution < -0.4 is 4.74 Å². The number of para-hydroxylation sites is 1. The molecule has 0 spiro atoms. The van der Waals surface area contributed by atoms with Gasteiger partial charge in [0.2, 0.25) is 5.76 Å². The van der Waals surface area contributed by atoms with Gasteiger partial charge in [0, 0.05) is 5.92 Å². The van der Waals surface area contributed by atoms with Crippen LogP contribution in [0.1, 0.15) is 26.5 Å². The molecule has 0 radical (unpaired) electrons. The Morgan fingerprint density at radius 2 is 2.05 bits per heavy atom. The molecule has 20 heavy (non-hydrogen) atoms. The molecule has 0 amide bonds. The van der Waals surface area contributed by atoms with Gasteiger partial charge in [-0.25, -0.2) is 0 Å². The number of fused-ring (bicyclic) bond motifs is 1. The Bertz CT molecular complexity index is 634. The lowest BCUT2D eigenvalue weighted by Gasteiger charge is -2.29. The van der Waals surface area contributed by atoms with E-state index in [-0.39, 0.29) is 11.2 Å². The van der Waals surface area contributed by atoms with Gasteiger partial charge in [-0.05, 0) is 23.3 Å². The molecule has 0 bridgehead atoms. The van der Waals surface area contributed by atoms with E-state index in [4.69, 9.17) is 14.4 Å². The Balaban J connectivity index is 2.28. The second kappa shape index (κ2) is 5.80. The van der Waals surface area contributed by atoms with Gasteiger partial charge in [0.15, 0.2) is 5.75 Å². The van der Waals surface area contributed by atoms with Gasteiger partial charge in [-0.15, -0.1) is 0 Å². The number of hydrogen-bond acceptors (Lipinski definition) is 4. The molecule has 0 aliphatic rings. The Labute approximate surface area is 124 Å². The van der Waals surface area contributed by atoms with Crippen molar-refractivity contribution < 1.29 is 9.15 Å². The van der Waals surface area contributed by atoms with Crippen molar-refractivity contribution in [1.82, 2.24) is 0 Å². The van der Waals surface area contributed by atoms with Crippen molar-refractivity contribution in [2.45, 2.75) is 20.8 Å². The molecule has 0 fully saturated rings. The lowest BCUT2D eigenvalue weighted by Crippen LogP contribution is -2.28. The number of nitriles is 1. The summed E-state index contributed by atoms with van der Waals surface area (Å²) in [4.78, 5) is 0. The van der Waals surface area contributed by atoms with Crippen LogP contribution >= 0.6 is 12.6 Å². The standard InChI is InChI=1S/C16H19NO2S/c1-16(2,3)11(10-20)9-18-15-12-6-4-5-7-13(12)19-14(15)8-17/h4-7,11,20H,9-10H2,1-3H3. The van der Waals surface area contributed by atoms with Crippen LogP contribution in [0.2, 0.25) is 0 Å². The summed E-state index contributed by atoms with van der Waals surface area (Å²) < 4.78 is 11.4. The van der Waals surface area contributed by atoms with Crippen LogP contribution in [-0.2, 0) is 0 Å². The average Bonchev–Trinajstić information content (AvgIpc) is 2.76. The highest BCUT2D eigenvalue weighted by Crippen LogP contribution is 2.34. The Kier molecular flexibility index (Phi) is 4.29. The minimum absolute atomic E-state index is 0.105. The van der Waals surface area contributed by atoms with Gasteiger partial charge in [0.25, 0.3) is 0 Å². The molecule has 1 aromatic carbocycles. The minimum Gasteiger partial charge on any atom is -0.488 e. The average molecular weight is 289 g/mol. The summed E-state index contributed by atoms with van der Waals surface area (Å²) in [6, 6.07) is 9.58. The summed E-state index contributed by atoms with van der Waals surface area (Å²) in [6.45, 7) is 7.01. The highest BCUT2D eigenvalue weighted by molar-refractivity contribution is 7.80. The lowest BCUT2D eigenvalue weighted by molar-refractivity contribution is 0.165. The quantitative estimate of drug-likeness (QED) is 0.855. The van der Waals surface area contributed by atoms with Crippen LogP contribution in [0.25, 0.3) is 11.0 Å². The first-order valence-electron chi connectivity index (χ1n) is 6.62. The fraction of sp³-hybridized carbons (Fsp3) is 0.438.